The number of aliphatic hydroxyl groups excluding tert-OH is 1. The Labute approximate surface area is 180 Å². The zero-order valence-corrected chi connectivity index (χ0v) is 17.3. The number of halogens is 1. The zero-order chi connectivity index (χ0) is 21.6. The van der Waals surface area contributed by atoms with Gasteiger partial charge in [-0.25, -0.2) is 9.18 Å². The molecule has 1 fully saturated rings. The smallest absolute Gasteiger partial charge is 0.319 e. The summed E-state index contributed by atoms with van der Waals surface area (Å²) in [5, 5.41) is 16.5. The average Bonchev–Trinajstić information content (AvgIpc) is 3.19. The van der Waals surface area contributed by atoms with Gasteiger partial charge in [0.2, 0.25) is 0 Å². The fraction of sp³-hybridized carbons (Fsp3) is 0.348. The maximum Gasteiger partial charge on any atom is 0.319 e. The second-order valence-corrected chi connectivity index (χ2v) is 7.61. The van der Waals surface area contributed by atoms with Crippen LogP contribution >= 0.6 is 0 Å². The van der Waals surface area contributed by atoms with E-state index in [1.54, 1.807) is 12.1 Å². The molecule has 0 saturated carbocycles. The van der Waals surface area contributed by atoms with Crippen molar-refractivity contribution in [2.45, 2.75) is 12.6 Å². The summed E-state index contributed by atoms with van der Waals surface area (Å²) < 4.78 is 21.3. The highest BCUT2D eigenvalue weighted by Gasteiger charge is 2.14. The minimum absolute atomic E-state index is 0.0903. The van der Waals surface area contributed by atoms with E-state index in [2.05, 4.69) is 26.3 Å². The molecule has 1 saturated heterocycles. The van der Waals surface area contributed by atoms with Crippen LogP contribution in [0.4, 0.5) is 14.9 Å². The number of nitrogens with one attached hydrogen (secondary N) is 2. The number of rotatable bonds is 7. The summed E-state index contributed by atoms with van der Waals surface area (Å²) >= 11 is 0. The molecule has 2 heterocycles. The van der Waals surface area contributed by atoms with Gasteiger partial charge in [0.1, 0.15) is 5.82 Å². The Balaban J connectivity index is 1.31. The summed E-state index contributed by atoms with van der Waals surface area (Å²) in [6, 6.07) is 13.3. The molecule has 2 aromatic carbocycles. The molecule has 0 aliphatic carbocycles. The van der Waals surface area contributed by atoms with Gasteiger partial charge in [-0.1, -0.05) is 18.2 Å². The highest BCUT2D eigenvalue weighted by molar-refractivity contribution is 5.93. The predicted molar refractivity (Wildman–Crippen MR) is 118 cm³/mol. The molecule has 1 unspecified atom stereocenters. The molecule has 3 aromatic rings. The van der Waals surface area contributed by atoms with E-state index < -0.39 is 18.0 Å². The Morgan fingerprint density at radius 2 is 1.94 bits per heavy atom. The number of fused-ring (bicyclic) bond motifs is 1. The molecule has 3 N–H and O–H groups in total. The van der Waals surface area contributed by atoms with E-state index in [0.717, 1.165) is 50.3 Å². The third kappa shape index (κ3) is 5.41. The van der Waals surface area contributed by atoms with Crippen LogP contribution in [0.2, 0.25) is 0 Å². The molecule has 1 atom stereocenters. The van der Waals surface area contributed by atoms with Crippen molar-refractivity contribution in [2.24, 2.45) is 0 Å². The normalized spacial score (nSPS) is 15.7. The van der Waals surface area contributed by atoms with Gasteiger partial charge >= 0.3 is 6.03 Å². The van der Waals surface area contributed by atoms with Crippen molar-refractivity contribution < 1.29 is 19.0 Å². The average molecular weight is 426 g/mol. The van der Waals surface area contributed by atoms with Crippen LogP contribution in [0.1, 0.15) is 11.7 Å². The van der Waals surface area contributed by atoms with Crippen LogP contribution in [0.25, 0.3) is 10.9 Å². The molecule has 1 aromatic heterocycles. The van der Waals surface area contributed by atoms with Crippen LogP contribution in [0.15, 0.2) is 54.7 Å². The van der Waals surface area contributed by atoms with Crippen LogP contribution < -0.4 is 10.6 Å². The van der Waals surface area contributed by atoms with Crippen molar-refractivity contribution in [3.8, 4) is 0 Å². The Kier molecular flexibility index (Phi) is 6.81. The fourth-order valence-corrected chi connectivity index (χ4v) is 3.77. The minimum Gasteiger partial charge on any atom is -0.386 e. The fourth-order valence-electron chi connectivity index (χ4n) is 3.77. The molecule has 7 nitrogen and oxygen atoms in total. The van der Waals surface area contributed by atoms with Crippen LogP contribution in [0.3, 0.4) is 0 Å². The number of benzene rings is 2. The number of ether oxygens (including phenoxy) is 1. The van der Waals surface area contributed by atoms with Crippen molar-refractivity contribution >= 4 is 22.6 Å². The number of aromatic nitrogens is 1. The largest absolute Gasteiger partial charge is 0.386 e. The van der Waals surface area contributed by atoms with E-state index in [9.17, 15) is 14.3 Å². The summed E-state index contributed by atoms with van der Waals surface area (Å²) in [7, 11) is 0. The second-order valence-electron chi connectivity index (χ2n) is 7.61. The van der Waals surface area contributed by atoms with Crippen molar-refractivity contribution in [3.63, 3.8) is 0 Å². The summed E-state index contributed by atoms with van der Waals surface area (Å²) in [6.45, 7) is 5.29. The van der Waals surface area contributed by atoms with Crippen molar-refractivity contribution in [1.29, 1.82) is 0 Å². The Morgan fingerprint density at radius 3 is 2.74 bits per heavy atom. The molecule has 0 radical (unpaired) electrons. The number of hydrogen-bond acceptors (Lipinski definition) is 4. The minimum atomic E-state index is -1.12. The number of anilines is 1. The standard InChI is InChI=1S/C23H27FN4O3/c24-20-4-2-1-3-19(20)22(29)16-25-23(30)26-18-5-6-21-17(15-18)7-8-28(21)10-9-27-11-13-31-14-12-27/h1-8,15,22,29H,9-14,16H2,(H2,25,26,30). The first-order chi connectivity index (χ1) is 15.1. The maximum atomic E-state index is 13.7. The number of carbonyl (C=O) groups is 1. The molecule has 0 spiro atoms. The van der Waals surface area contributed by atoms with Crippen molar-refractivity contribution in [2.75, 3.05) is 44.7 Å². The van der Waals surface area contributed by atoms with Crippen molar-refractivity contribution in [1.82, 2.24) is 14.8 Å². The van der Waals surface area contributed by atoms with Gasteiger partial charge < -0.3 is 25.0 Å². The lowest BCUT2D eigenvalue weighted by atomic mass is 10.1. The molecule has 8 heteroatoms. The van der Waals surface area contributed by atoms with Gasteiger partial charge in [0.05, 0.1) is 19.3 Å². The van der Waals surface area contributed by atoms with Gasteiger partial charge in [0, 0.05) is 61.1 Å². The van der Waals surface area contributed by atoms with E-state index in [1.165, 1.54) is 12.1 Å². The van der Waals surface area contributed by atoms with Crippen LogP contribution in [-0.2, 0) is 11.3 Å². The summed E-state index contributed by atoms with van der Waals surface area (Å²) in [5.74, 6) is -0.499. The van der Waals surface area contributed by atoms with Gasteiger partial charge in [-0.05, 0) is 30.3 Å². The number of nitrogens with zero attached hydrogens (tertiary/aromatic N) is 2. The maximum absolute atomic E-state index is 13.7. The number of aliphatic hydroxyl groups is 1. The van der Waals surface area contributed by atoms with Gasteiger partial charge in [-0.15, -0.1) is 0 Å². The highest BCUT2D eigenvalue weighted by Crippen LogP contribution is 2.21. The number of morpholine rings is 1. The Hall–Kier alpha value is -2.94. The van der Waals surface area contributed by atoms with Gasteiger partial charge in [0.25, 0.3) is 0 Å². The molecule has 164 valence electrons. The van der Waals surface area contributed by atoms with E-state index in [-0.39, 0.29) is 12.1 Å². The molecular formula is C23H27FN4O3. The molecule has 2 amide bonds. The molecule has 1 aliphatic rings. The van der Waals surface area contributed by atoms with Crippen LogP contribution in [-0.4, -0.2) is 60.0 Å². The third-order valence-electron chi connectivity index (χ3n) is 5.51. The van der Waals surface area contributed by atoms with E-state index >= 15 is 0 Å². The summed E-state index contributed by atoms with van der Waals surface area (Å²) in [5.41, 5.74) is 1.91. The first-order valence-corrected chi connectivity index (χ1v) is 10.5. The molecule has 4 rings (SSSR count). The highest BCUT2D eigenvalue weighted by atomic mass is 19.1. The van der Waals surface area contributed by atoms with Gasteiger partial charge in [0.15, 0.2) is 0 Å². The summed E-state index contributed by atoms with van der Waals surface area (Å²) in [6.07, 6.45) is 0.939. The van der Waals surface area contributed by atoms with E-state index in [4.69, 9.17) is 4.74 Å². The molecule has 31 heavy (non-hydrogen) atoms. The third-order valence-corrected chi connectivity index (χ3v) is 5.51. The number of urea groups is 1. The molecule has 1 aliphatic heterocycles. The number of carbonyl (C=O) groups excluding carboxylic acids is 1. The number of hydrogen-bond donors (Lipinski definition) is 3. The lowest BCUT2D eigenvalue weighted by Gasteiger charge is -2.26. The Bertz CT molecular complexity index is 1030. The zero-order valence-electron chi connectivity index (χ0n) is 17.3. The van der Waals surface area contributed by atoms with Crippen LogP contribution in [0, 0.1) is 5.82 Å². The first kappa shape index (κ1) is 21.3. The van der Waals surface area contributed by atoms with Crippen molar-refractivity contribution in [3.05, 3.63) is 66.1 Å². The van der Waals surface area contributed by atoms with Gasteiger partial charge in [-0.2, -0.15) is 0 Å². The molecular weight excluding hydrogens is 399 g/mol. The number of amides is 2. The SMILES string of the molecule is O=C(NCC(O)c1ccccc1F)Nc1ccc2c(ccn2CCN2CCOCC2)c1. The van der Waals surface area contributed by atoms with E-state index in [1.807, 2.05) is 24.3 Å². The lowest BCUT2D eigenvalue weighted by molar-refractivity contribution is 0.0365. The Morgan fingerprint density at radius 1 is 1.13 bits per heavy atom. The topological polar surface area (TPSA) is 78.8 Å². The first-order valence-electron chi connectivity index (χ1n) is 10.5. The predicted octanol–water partition coefficient (Wildman–Crippen LogP) is 2.97. The monoisotopic (exact) mass is 426 g/mol. The lowest BCUT2D eigenvalue weighted by Crippen LogP contribution is -2.38. The van der Waals surface area contributed by atoms with Crippen LogP contribution in [0.5, 0.6) is 0 Å². The molecule has 0 bridgehead atoms. The quantitative estimate of drug-likeness (QED) is 0.543. The second kappa shape index (κ2) is 9.91. The van der Waals surface area contributed by atoms with E-state index in [0.29, 0.717) is 5.69 Å². The van der Waals surface area contributed by atoms with Gasteiger partial charge in [-0.3, -0.25) is 4.90 Å². The summed E-state index contributed by atoms with van der Waals surface area (Å²) in [4.78, 5) is 14.6.